The van der Waals surface area contributed by atoms with E-state index < -0.39 is 10.0 Å². The molecule has 4 N–H and O–H groups in total. The smallest absolute Gasteiger partial charge is 0.261 e. The lowest BCUT2D eigenvalue weighted by Gasteiger charge is -2.26. The van der Waals surface area contributed by atoms with Gasteiger partial charge in [-0.1, -0.05) is 18.2 Å². The molecule has 0 atom stereocenters. The number of aryl methyl sites for hydroxylation is 2. The number of para-hydroxylation sites is 1. The maximum absolute atomic E-state index is 12.9. The summed E-state index contributed by atoms with van der Waals surface area (Å²) in [5.41, 5.74) is 3.40. The monoisotopic (exact) mass is 521 g/mol. The minimum atomic E-state index is -3.73. The molecule has 0 bridgehead atoms. The molecule has 194 valence electrons. The molecule has 2 aromatic heterocycles. The largest absolute Gasteiger partial charge is 0.393 e. The molecule has 0 spiro atoms. The number of rotatable bonds is 8. The lowest BCUT2D eigenvalue weighted by molar-refractivity contribution is 0.126. The minimum absolute atomic E-state index is 0.159. The predicted molar refractivity (Wildman–Crippen MR) is 145 cm³/mol. The topological polar surface area (TPSA) is 134 Å². The molecule has 4 aromatic rings. The van der Waals surface area contributed by atoms with E-state index in [1.807, 2.05) is 30.5 Å². The summed E-state index contributed by atoms with van der Waals surface area (Å²) in [4.78, 5) is 14.1. The highest BCUT2D eigenvalue weighted by atomic mass is 32.2. The number of aromatic nitrogens is 4. The van der Waals surface area contributed by atoms with Gasteiger partial charge in [0.25, 0.3) is 10.0 Å². The first-order valence-corrected chi connectivity index (χ1v) is 13.9. The van der Waals surface area contributed by atoms with Crippen LogP contribution >= 0.6 is 0 Å². The van der Waals surface area contributed by atoms with Crippen LogP contribution in [0.4, 0.5) is 23.1 Å². The Kier molecular flexibility index (Phi) is 6.98. The Morgan fingerprint density at radius 3 is 2.46 bits per heavy atom. The van der Waals surface area contributed by atoms with Crippen LogP contribution in [0.1, 0.15) is 38.2 Å². The van der Waals surface area contributed by atoms with Crippen LogP contribution < -0.4 is 15.4 Å². The van der Waals surface area contributed by atoms with Crippen molar-refractivity contribution in [3.8, 4) is 0 Å². The van der Waals surface area contributed by atoms with Gasteiger partial charge in [0.05, 0.1) is 23.0 Å². The second kappa shape index (κ2) is 10.3. The second-order valence-corrected chi connectivity index (χ2v) is 11.0. The fourth-order valence-electron chi connectivity index (χ4n) is 4.48. The van der Waals surface area contributed by atoms with E-state index in [2.05, 4.69) is 20.3 Å². The zero-order chi connectivity index (χ0) is 26.0. The van der Waals surface area contributed by atoms with Crippen LogP contribution in [-0.2, 0) is 16.6 Å². The van der Waals surface area contributed by atoms with E-state index in [9.17, 15) is 13.5 Å². The van der Waals surface area contributed by atoms with Crippen molar-refractivity contribution >= 4 is 44.3 Å². The van der Waals surface area contributed by atoms with E-state index in [4.69, 9.17) is 9.97 Å². The molecule has 0 amide bonds. The van der Waals surface area contributed by atoms with Crippen LogP contribution in [0.2, 0.25) is 0 Å². The molecule has 5 rings (SSSR count). The Morgan fingerprint density at radius 1 is 1.03 bits per heavy atom. The third kappa shape index (κ3) is 5.52. The molecule has 37 heavy (non-hydrogen) atoms. The summed E-state index contributed by atoms with van der Waals surface area (Å²) >= 11 is 0. The average molecular weight is 522 g/mol. The Labute approximate surface area is 216 Å². The number of hydrogen-bond acceptors (Lipinski definition) is 8. The van der Waals surface area contributed by atoms with Crippen LogP contribution in [0.5, 0.6) is 0 Å². The molecule has 1 aliphatic carbocycles. The van der Waals surface area contributed by atoms with Gasteiger partial charge in [-0.05, 0) is 75.4 Å². The van der Waals surface area contributed by atoms with Crippen molar-refractivity contribution in [2.45, 2.75) is 63.1 Å². The van der Waals surface area contributed by atoms with Gasteiger partial charge in [-0.3, -0.25) is 4.72 Å². The standard InChI is InChI=1S/C26H31N7O3S/c1-3-33-16-27-23-24(30-26(31-25(23)33)29-19-8-12-20(34)13-9-19)28-18-10-14-21(15-11-18)37(35,36)32-22-7-5-4-6-17(22)2/h4-7,10-11,14-16,19-20,32,34H,3,8-9,12-13H2,1-2H3,(H2,28,29,30,31)/t19-,20-. The number of benzene rings is 2. The molecule has 10 nitrogen and oxygen atoms in total. The summed E-state index contributed by atoms with van der Waals surface area (Å²) in [7, 11) is -3.73. The fraction of sp³-hybridized carbons (Fsp3) is 0.346. The van der Waals surface area contributed by atoms with E-state index in [1.54, 1.807) is 42.7 Å². The summed E-state index contributed by atoms with van der Waals surface area (Å²) in [6, 6.07) is 13.9. The number of nitrogens with one attached hydrogen (secondary N) is 3. The number of hydrogen-bond donors (Lipinski definition) is 4. The van der Waals surface area contributed by atoms with Crippen molar-refractivity contribution in [2.75, 3.05) is 15.4 Å². The van der Waals surface area contributed by atoms with E-state index in [0.29, 0.717) is 40.8 Å². The highest BCUT2D eigenvalue weighted by Gasteiger charge is 2.22. The molecule has 0 radical (unpaired) electrons. The van der Waals surface area contributed by atoms with Crippen LogP contribution in [-0.4, -0.2) is 45.2 Å². The summed E-state index contributed by atoms with van der Waals surface area (Å²) < 4.78 is 30.4. The molecule has 1 saturated carbocycles. The van der Waals surface area contributed by atoms with Gasteiger partial charge >= 0.3 is 0 Å². The number of aliphatic hydroxyl groups is 1. The van der Waals surface area contributed by atoms with Crippen molar-refractivity contribution < 1.29 is 13.5 Å². The molecule has 0 aliphatic heterocycles. The first-order valence-electron chi connectivity index (χ1n) is 12.5. The van der Waals surface area contributed by atoms with Crippen LogP contribution in [0, 0.1) is 6.92 Å². The maximum Gasteiger partial charge on any atom is 0.261 e. The molecule has 1 fully saturated rings. The van der Waals surface area contributed by atoms with Gasteiger partial charge in [0.15, 0.2) is 17.0 Å². The van der Waals surface area contributed by atoms with Gasteiger partial charge in [0.2, 0.25) is 5.95 Å². The zero-order valence-electron chi connectivity index (χ0n) is 20.8. The Hall–Kier alpha value is -3.70. The molecule has 11 heteroatoms. The van der Waals surface area contributed by atoms with Crippen molar-refractivity contribution in [2.24, 2.45) is 0 Å². The lowest BCUT2D eigenvalue weighted by atomic mass is 9.93. The average Bonchev–Trinajstić information content (AvgIpc) is 3.30. The molecular formula is C26H31N7O3S. The lowest BCUT2D eigenvalue weighted by Crippen LogP contribution is -2.29. The highest BCUT2D eigenvalue weighted by molar-refractivity contribution is 7.92. The molecule has 0 saturated heterocycles. The van der Waals surface area contributed by atoms with Crippen LogP contribution in [0.25, 0.3) is 11.2 Å². The van der Waals surface area contributed by atoms with Gasteiger partial charge in [-0.25, -0.2) is 13.4 Å². The van der Waals surface area contributed by atoms with Crippen LogP contribution in [0.3, 0.4) is 0 Å². The number of fused-ring (bicyclic) bond motifs is 1. The third-order valence-electron chi connectivity index (χ3n) is 6.65. The summed E-state index contributed by atoms with van der Waals surface area (Å²) in [6.45, 7) is 4.59. The number of imidazole rings is 1. The van der Waals surface area contributed by atoms with E-state index >= 15 is 0 Å². The summed E-state index contributed by atoms with van der Waals surface area (Å²) in [5, 5.41) is 16.5. The number of aliphatic hydroxyl groups excluding tert-OH is 1. The Morgan fingerprint density at radius 2 is 1.76 bits per heavy atom. The van der Waals surface area contributed by atoms with E-state index in [0.717, 1.165) is 31.2 Å². The SMILES string of the molecule is CCn1cnc2c(Nc3ccc(S(=O)(=O)Nc4ccccc4C)cc3)nc(N[C@H]3CC[C@H](O)CC3)nc21. The van der Waals surface area contributed by atoms with Gasteiger partial charge in [-0.15, -0.1) is 0 Å². The van der Waals surface area contributed by atoms with Crippen molar-refractivity contribution in [3.05, 3.63) is 60.4 Å². The number of sulfonamides is 1. The second-order valence-electron chi connectivity index (χ2n) is 9.32. The summed E-state index contributed by atoms with van der Waals surface area (Å²) in [6.07, 6.45) is 4.71. The Bertz CT molecular complexity index is 1490. The van der Waals surface area contributed by atoms with Gasteiger partial charge in [0, 0.05) is 18.3 Å². The summed E-state index contributed by atoms with van der Waals surface area (Å²) in [5.74, 6) is 1.03. The van der Waals surface area contributed by atoms with E-state index in [1.165, 1.54) is 0 Å². The molecule has 0 unspecified atom stereocenters. The number of nitrogens with zero attached hydrogens (tertiary/aromatic N) is 4. The quantitative estimate of drug-likeness (QED) is 0.268. The third-order valence-corrected chi connectivity index (χ3v) is 8.03. The van der Waals surface area contributed by atoms with Gasteiger partial charge < -0.3 is 20.3 Å². The Balaban J connectivity index is 1.39. The molecule has 1 aliphatic rings. The van der Waals surface area contributed by atoms with Gasteiger partial charge in [-0.2, -0.15) is 9.97 Å². The molecular weight excluding hydrogens is 490 g/mol. The van der Waals surface area contributed by atoms with Crippen LogP contribution in [0.15, 0.2) is 59.8 Å². The number of anilines is 4. The van der Waals surface area contributed by atoms with E-state index in [-0.39, 0.29) is 17.0 Å². The minimum Gasteiger partial charge on any atom is -0.393 e. The van der Waals surface area contributed by atoms with Gasteiger partial charge in [0.1, 0.15) is 0 Å². The first kappa shape index (κ1) is 25.0. The maximum atomic E-state index is 12.9. The zero-order valence-corrected chi connectivity index (χ0v) is 21.7. The molecule has 2 heterocycles. The normalized spacial score (nSPS) is 18.0. The predicted octanol–water partition coefficient (Wildman–Crippen LogP) is 4.41. The van der Waals surface area contributed by atoms with Crippen molar-refractivity contribution in [3.63, 3.8) is 0 Å². The van der Waals surface area contributed by atoms with Crippen molar-refractivity contribution in [1.82, 2.24) is 19.5 Å². The highest BCUT2D eigenvalue weighted by Crippen LogP contribution is 2.28. The van der Waals surface area contributed by atoms with Crippen molar-refractivity contribution in [1.29, 1.82) is 0 Å². The first-order chi connectivity index (χ1) is 17.8. The molecule has 2 aromatic carbocycles. The fourth-order valence-corrected chi connectivity index (χ4v) is 5.61.